The van der Waals surface area contributed by atoms with Gasteiger partial charge in [-0.1, -0.05) is 29.3 Å². The van der Waals surface area contributed by atoms with Gasteiger partial charge in [0.2, 0.25) is 0 Å². The molecule has 1 fully saturated rings. The van der Waals surface area contributed by atoms with E-state index in [0.717, 1.165) is 16.7 Å². The number of imide groups is 1. The van der Waals surface area contributed by atoms with Crippen molar-refractivity contribution in [1.82, 2.24) is 4.90 Å². The van der Waals surface area contributed by atoms with E-state index >= 15 is 0 Å². The van der Waals surface area contributed by atoms with Crippen LogP contribution >= 0.6 is 35.0 Å². The molecular formula is C20H17Cl2NO5S. The molecule has 0 N–H and O–H groups in total. The first kappa shape index (κ1) is 21.4. The molecule has 9 heteroatoms. The van der Waals surface area contributed by atoms with E-state index in [9.17, 15) is 9.59 Å². The number of carbonyl (C=O) groups excluding carboxylic acids is 2. The standard InChI is InChI=1S/C20H17Cl2NO5S/c1-26-15-9-17(28-3)16(27-2)6-12(15)7-18-19(24)23(20(25)29-18)10-11-4-5-13(21)8-14(11)22/h4-9H,10H2,1-3H3/b18-7+. The first-order valence-corrected chi connectivity index (χ1v) is 9.94. The van der Waals surface area contributed by atoms with Crippen molar-refractivity contribution < 1.29 is 23.8 Å². The second-order valence-corrected chi connectivity index (χ2v) is 7.79. The van der Waals surface area contributed by atoms with Crippen LogP contribution in [-0.4, -0.2) is 37.4 Å². The molecule has 2 amide bonds. The van der Waals surface area contributed by atoms with Crippen molar-refractivity contribution >= 4 is 52.2 Å². The predicted molar refractivity (Wildman–Crippen MR) is 114 cm³/mol. The van der Waals surface area contributed by atoms with Gasteiger partial charge in [-0.05, 0) is 41.6 Å². The number of hydrogen-bond acceptors (Lipinski definition) is 6. The summed E-state index contributed by atoms with van der Waals surface area (Å²) in [4.78, 5) is 26.7. The van der Waals surface area contributed by atoms with Crippen LogP contribution in [0.1, 0.15) is 11.1 Å². The van der Waals surface area contributed by atoms with Gasteiger partial charge in [-0.15, -0.1) is 0 Å². The van der Waals surface area contributed by atoms with Gasteiger partial charge in [-0.2, -0.15) is 0 Å². The summed E-state index contributed by atoms with van der Waals surface area (Å²) in [6.45, 7) is 0.0566. The van der Waals surface area contributed by atoms with Crippen molar-refractivity contribution in [3.05, 3.63) is 56.4 Å². The second-order valence-electron chi connectivity index (χ2n) is 5.95. The molecule has 0 saturated carbocycles. The molecule has 2 aromatic rings. The van der Waals surface area contributed by atoms with Crippen molar-refractivity contribution in [2.75, 3.05) is 21.3 Å². The van der Waals surface area contributed by atoms with E-state index in [2.05, 4.69) is 0 Å². The largest absolute Gasteiger partial charge is 0.496 e. The third kappa shape index (κ3) is 4.47. The maximum absolute atomic E-state index is 12.8. The summed E-state index contributed by atoms with van der Waals surface area (Å²) >= 11 is 12.9. The van der Waals surface area contributed by atoms with Crippen molar-refractivity contribution in [3.8, 4) is 17.2 Å². The molecule has 3 rings (SSSR count). The number of nitrogens with zero attached hydrogens (tertiary/aromatic N) is 1. The average Bonchev–Trinajstić information content (AvgIpc) is 2.96. The van der Waals surface area contributed by atoms with Gasteiger partial charge in [-0.25, -0.2) is 0 Å². The fraction of sp³-hybridized carbons (Fsp3) is 0.200. The number of methoxy groups -OCH3 is 3. The number of hydrogen-bond donors (Lipinski definition) is 0. The minimum atomic E-state index is -0.414. The zero-order chi connectivity index (χ0) is 21.1. The Morgan fingerprint density at radius 2 is 1.62 bits per heavy atom. The summed E-state index contributed by atoms with van der Waals surface area (Å²) in [6.07, 6.45) is 1.59. The molecule has 2 aromatic carbocycles. The lowest BCUT2D eigenvalue weighted by Crippen LogP contribution is -2.27. The third-order valence-corrected chi connectivity index (χ3v) is 5.73. The van der Waals surface area contributed by atoms with Crippen LogP contribution in [0.15, 0.2) is 35.2 Å². The van der Waals surface area contributed by atoms with E-state index in [1.165, 1.54) is 21.3 Å². The Labute approximate surface area is 182 Å². The molecule has 0 radical (unpaired) electrons. The average molecular weight is 454 g/mol. The molecular weight excluding hydrogens is 437 g/mol. The molecule has 1 heterocycles. The lowest BCUT2D eigenvalue weighted by atomic mass is 10.1. The van der Waals surface area contributed by atoms with Crippen LogP contribution in [-0.2, 0) is 11.3 Å². The van der Waals surface area contributed by atoms with E-state index < -0.39 is 5.91 Å². The Hall–Kier alpha value is -2.35. The number of halogens is 2. The Morgan fingerprint density at radius 1 is 0.966 bits per heavy atom. The third-order valence-electron chi connectivity index (χ3n) is 4.24. The summed E-state index contributed by atoms with van der Waals surface area (Å²) < 4.78 is 16.0. The molecule has 29 heavy (non-hydrogen) atoms. The van der Waals surface area contributed by atoms with Crippen LogP contribution in [0, 0.1) is 0 Å². The van der Waals surface area contributed by atoms with Crippen LogP contribution < -0.4 is 14.2 Å². The maximum atomic E-state index is 12.8. The second kappa shape index (κ2) is 8.98. The monoisotopic (exact) mass is 453 g/mol. The van der Waals surface area contributed by atoms with Crippen molar-refractivity contribution in [2.24, 2.45) is 0 Å². The van der Waals surface area contributed by atoms with Crippen LogP contribution in [0.5, 0.6) is 17.2 Å². The van der Waals surface area contributed by atoms with Gasteiger partial charge in [0.1, 0.15) is 5.75 Å². The van der Waals surface area contributed by atoms with Crippen LogP contribution in [0.25, 0.3) is 6.08 Å². The molecule has 1 aliphatic heterocycles. The lowest BCUT2D eigenvalue weighted by molar-refractivity contribution is -0.123. The quantitative estimate of drug-likeness (QED) is 0.556. The van der Waals surface area contributed by atoms with Crippen LogP contribution in [0.2, 0.25) is 10.0 Å². The molecule has 0 aromatic heterocycles. The highest BCUT2D eigenvalue weighted by atomic mass is 35.5. The summed E-state index contributed by atoms with van der Waals surface area (Å²) in [6, 6.07) is 8.26. The van der Waals surface area contributed by atoms with E-state index in [1.54, 1.807) is 36.4 Å². The van der Waals surface area contributed by atoms with E-state index in [1.807, 2.05) is 0 Å². The molecule has 152 valence electrons. The number of rotatable bonds is 6. The topological polar surface area (TPSA) is 65.1 Å². The van der Waals surface area contributed by atoms with Crippen LogP contribution in [0.3, 0.4) is 0 Å². The highest BCUT2D eigenvalue weighted by Crippen LogP contribution is 2.39. The van der Waals surface area contributed by atoms with Gasteiger partial charge in [0.25, 0.3) is 11.1 Å². The summed E-state index contributed by atoms with van der Waals surface area (Å²) in [7, 11) is 4.54. The van der Waals surface area contributed by atoms with Gasteiger partial charge in [0.15, 0.2) is 11.5 Å². The zero-order valence-electron chi connectivity index (χ0n) is 15.8. The highest BCUT2D eigenvalue weighted by Gasteiger charge is 2.35. The number of ether oxygens (including phenoxy) is 3. The van der Waals surface area contributed by atoms with Crippen molar-refractivity contribution in [2.45, 2.75) is 6.54 Å². The van der Waals surface area contributed by atoms with Gasteiger partial charge in [0.05, 0.1) is 32.8 Å². The maximum Gasteiger partial charge on any atom is 0.293 e. The SMILES string of the molecule is COc1cc(OC)c(OC)cc1/C=C1/SC(=O)N(Cc2ccc(Cl)cc2Cl)C1=O. The molecule has 0 aliphatic carbocycles. The molecule has 0 bridgehead atoms. The highest BCUT2D eigenvalue weighted by molar-refractivity contribution is 8.18. The molecule has 0 unspecified atom stereocenters. The molecule has 6 nitrogen and oxygen atoms in total. The van der Waals surface area contributed by atoms with E-state index in [-0.39, 0.29) is 16.7 Å². The molecule has 1 saturated heterocycles. The smallest absolute Gasteiger partial charge is 0.293 e. The number of thioether (sulfide) groups is 1. The summed E-state index contributed by atoms with van der Waals surface area (Å²) in [5.41, 5.74) is 1.21. The summed E-state index contributed by atoms with van der Waals surface area (Å²) in [5, 5.41) is 0.488. The molecule has 1 aliphatic rings. The van der Waals surface area contributed by atoms with Gasteiger partial charge in [-0.3, -0.25) is 14.5 Å². The molecule has 0 spiro atoms. The van der Waals surface area contributed by atoms with Crippen LogP contribution in [0.4, 0.5) is 4.79 Å². The summed E-state index contributed by atoms with van der Waals surface area (Å²) in [5.74, 6) is 1.04. The number of carbonyl (C=O) groups is 2. The molecule has 0 atom stereocenters. The lowest BCUT2D eigenvalue weighted by Gasteiger charge is -2.14. The minimum Gasteiger partial charge on any atom is -0.496 e. The number of amides is 2. The van der Waals surface area contributed by atoms with Crippen molar-refractivity contribution in [1.29, 1.82) is 0 Å². The van der Waals surface area contributed by atoms with Gasteiger partial charge < -0.3 is 14.2 Å². The van der Waals surface area contributed by atoms with E-state index in [0.29, 0.717) is 38.4 Å². The first-order chi connectivity index (χ1) is 13.9. The fourth-order valence-corrected chi connectivity index (χ4v) is 4.06. The predicted octanol–water partition coefficient (Wildman–Crippen LogP) is 5.26. The Balaban J connectivity index is 1.92. The van der Waals surface area contributed by atoms with E-state index in [4.69, 9.17) is 37.4 Å². The Kier molecular flexibility index (Phi) is 6.62. The first-order valence-electron chi connectivity index (χ1n) is 8.37. The van der Waals surface area contributed by atoms with Gasteiger partial charge in [0, 0.05) is 21.7 Å². The van der Waals surface area contributed by atoms with Gasteiger partial charge >= 0.3 is 0 Å². The zero-order valence-corrected chi connectivity index (χ0v) is 18.2. The Morgan fingerprint density at radius 3 is 2.24 bits per heavy atom. The fourth-order valence-electron chi connectivity index (χ4n) is 2.76. The minimum absolute atomic E-state index is 0.0566. The Bertz CT molecular complexity index is 1010. The van der Waals surface area contributed by atoms with Crippen molar-refractivity contribution in [3.63, 3.8) is 0 Å². The number of benzene rings is 2. The normalized spacial score (nSPS) is 15.2.